The van der Waals surface area contributed by atoms with Crippen LogP contribution in [0.25, 0.3) is 4.85 Å². The molecule has 0 aliphatic rings. The molecule has 0 saturated carbocycles. The number of nitrogens with zero attached hydrogens (tertiary/aromatic N) is 2. The summed E-state index contributed by atoms with van der Waals surface area (Å²) in [5.41, 5.74) is -0.392. The lowest BCUT2D eigenvalue weighted by Crippen LogP contribution is -2.19. The minimum absolute atomic E-state index is 0.180. The predicted molar refractivity (Wildman–Crippen MR) is 42.6 cm³/mol. The summed E-state index contributed by atoms with van der Waals surface area (Å²) >= 11 is 0. The van der Waals surface area contributed by atoms with Gasteiger partial charge in [-0.25, -0.2) is 9.24 Å². The molecule has 62 valence electrons. The van der Waals surface area contributed by atoms with E-state index < -0.39 is 11.4 Å². The fourth-order valence-electron chi connectivity index (χ4n) is 0.851. The maximum absolute atomic E-state index is 12.9. The van der Waals surface area contributed by atoms with Gasteiger partial charge >= 0.3 is 0 Å². The lowest BCUT2D eigenvalue weighted by atomic mass is 10.3. The molecule has 0 radical (unpaired) electrons. The Morgan fingerprint density at radius 1 is 1.67 bits per heavy atom. The predicted octanol–water partition coefficient (Wildman–Crippen LogP) is 1.38. The van der Waals surface area contributed by atoms with Crippen LogP contribution < -0.4 is 5.56 Å². The van der Waals surface area contributed by atoms with Crippen LogP contribution in [0.1, 0.15) is 5.69 Å². The van der Waals surface area contributed by atoms with E-state index in [2.05, 4.69) is 4.85 Å². The molecule has 0 unspecified atom stereocenters. The van der Waals surface area contributed by atoms with Crippen LogP contribution in [0.4, 0.5) is 10.1 Å². The molecule has 0 aliphatic heterocycles. The van der Waals surface area contributed by atoms with Crippen molar-refractivity contribution in [1.82, 2.24) is 4.57 Å². The van der Waals surface area contributed by atoms with Gasteiger partial charge in [-0.05, 0) is 13.0 Å². The van der Waals surface area contributed by atoms with E-state index in [9.17, 15) is 9.18 Å². The topological polar surface area (TPSA) is 26.4 Å². The Kier molecular flexibility index (Phi) is 1.96. The van der Waals surface area contributed by atoms with Crippen molar-refractivity contribution < 1.29 is 4.39 Å². The molecule has 0 saturated heterocycles. The molecular formula is C8H7FN2O. The first-order valence-electron chi connectivity index (χ1n) is 3.31. The van der Waals surface area contributed by atoms with E-state index in [1.807, 2.05) is 0 Å². The molecule has 0 spiro atoms. The first-order valence-corrected chi connectivity index (χ1v) is 3.31. The highest BCUT2D eigenvalue weighted by Gasteiger charge is 2.07. The first kappa shape index (κ1) is 8.47. The smallest absolute Gasteiger partial charge is 0.256 e. The average molecular weight is 166 g/mol. The average Bonchev–Trinajstić information content (AvgIpc) is 2.08. The summed E-state index contributed by atoms with van der Waals surface area (Å²) in [6.07, 6.45) is 0. The van der Waals surface area contributed by atoms with E-state index in [0.717, 1.165) is 10.6 Å². The maximum atomic E-state index is 12.9. The van der Waals surface area contributed by atoms with Crippen molar-refractivity contribution in [3.63, 3.8) is 0 Å². The normalized spacial score (nSPS) is 9.50. The minimum Gasteiger partial charge on any atom is -0.322 e. The van der Waals surface area contributed by atoms with Crippen LogP contribution >= 0.6 is 0 Å². The molecule has 1 aromatic rings. The highest BCUT2D eigenvalue weighted by Crippen LogP contribution is 2.10. The van der Waals surface area contributed by atoms with E-state index >= 15 is 0 Å². The zero-order chi connectivity index (χ0) is 9.30. The number of hydrogen-bond donors (Lipinski definition) is 0. The molecule has 0 aromatic carbocycles. The molecule has 1 rings (SSSR count). The Morgan fingerprint density at radius 2 is 2.25 bits per heavy atom. The summed E-state index contributed by atoms with van der Waals surface area (Å²) in [7, 11) is 1.44. The van der Waals surface area contributed by atoms with Gasteiger partial charge in [0, 0.05) is 7.05 Å². The zero-order valence-corrected chi connectivity index (χ0v) is 6.76. The molecule has 1 aromatic heterocycles. The lowest BCUT2D eigenvalue weighted by Gasteiger charge is -2.03. The van der Waals surface area contributed by atoms with Gasteiger partial charge in [0.1, 0.15) is 5.82 Å². The van der Waals surface area contributed by atoms with Gasteiger partial charge < -0.3 is 4.57 Å². The molecule has 0 atom stereocenters. The van der Waals surface area contributed by atoms with Gasteiger partial charge in [0.15, 0.2) is 0 Å². The third kappa shape index (κ3) is 1.10. The third-order valence-corrected chi connectivity index (χ3v) is 1.76. The van der Waals surface area contributed by atoms with Gasteiger partial charge in [0.2, 0.25) is 0 Å². The summed E-state index contributed by atoms with van der Waals surface area (Å²) in [6, 6.07) is 0.963. The van der Waals surface area contributed by atoms with E-state index in [4.69, 9.17) is 6.57 Å². The SMILES string of the molecule is [C-]#[N+]c1cc(F)c(C)n(C)c1=O. The molecule has 1 heterocycles. The summed E-state index contributed by atoms with van der Waals surface area (Å²) in [5, 5.41) is 0. The second kappa shape index (κ2) is 2.78. The largest absolute Gasteiger partial charge is 0.322 e. The van der Waals surface area contributed by atoms with Crippen molar-refractivity contribution in [3.8, 4) is 0 Å². The molecule has 0 aliphatic carbocycles. The second-order valence-electron chi connectivity index (χ2n) is 2.44. The van der Waals surface area contributed by atoms with E-state index in [-0.39, 0.29) is 11.4 Å². The van der Waals surface area contributed by atoms with Crippen LogP contribution in [-0.4, -0.2) is 4.57 Å². The van der Waals surface area contributed by atoms with Gasteiger partial charge in [0.05, 0.1) is 12.3 Å². The van der Waals surface area contributed by atoms with Crippen LogP contribution in [0.5, 0.6) is 0 Å². The van der Waals surface area contributed by atoms with Gasteiger partial charge in [0.25, 0.3) is 11.2 Å². The first-order chi connectivity index (χ1) is 5.57. The Hall–Kier alpha value is -1.63. The summed E-state index contributed by atoms with van der Waals surface area (Å²) in [4.78, 5) is 14.1. The van der Waals surface area contributed by atoms with Crippen LogP contribution in [-0.2, 0) is 7.05 Å². The third-order valence-electron chi connectivity index (χ3n) is 1.76. The summed E-state index contributed by atoms with van der Waals surface area (Å²) in [5.74, 6) is -0.525. The quantitative estimate of drug-likeness (QED) is 0.535. The Morgan fingerprint density at radius 3 is 2.75 bits per heavy atom. The Bertz CT molecular complexity index is 414. The van der Waals surface area contributed by atoms with Crippen LogP contribution in [0.15, 0.2) is 10.9 Å². The number of pyridine rings is 1. The van der Waals surface area contributed by atoms with Crippen molar-refractivity contribution in [2.75, 3.05) is 0 Å². The van der Waals surface area contributed by atoms with Crippen molar-refractivity contribution >= 4 is 5.69 Å². The Balaban J connectivity index is 3.64. The molecule has 12 heavy (non-hydrogen) atoms. The standard InChI is InChI=1S/C8H7FN2O/c1-5-6(9)4-7(10-2)8(12)11(5)3/h4H,1,3H3. The van der Waals surface area contributed by atoms with E-state index in [1.165, 1.54) is 14.0 Å². The van der Waals surface area contributed by atoms with Crippen LogP contribution in [0.3, 0.4) is 0 Å². The van der Waals surface area contributed by atoms with E-state index in [1.54, 1.807) is 0 Å². The fraction of sp³-hybridized carbons (Fsp3) is 0.250. The number of hydrogen-bond acceptors (Lipinski definition) is 1. The number of halogens is 1. The van der Waals surface area contributed by atoms with Crippen molar-refractivity contribution in [3.05, 3.63) is 39.3 Å². The summed E-state index contributed by atoms with van der Waals surface area (Å²) in [6.45, 7) is 8.08. The second-order valence-corrected chi connectivity index (χ2v) is 2.44. The Labute approximate surface area is 68.9 Å². The molecule has 3 nitrogen and oxygen atoms in total. The van der Waals surface area contributed by atoms with Crippen molar-refractivity contribution in [2.24, 2.45) is 7.05 Å². The lowest BCUT2D eigenvalue weighted by molar-refractivity contribution is 0.589. The zero-order valence-electron chi connectivity index (χ0n) is 6.76. The molecule has 0 N–H and O–H groups in total. The number of aromatic nitrogens is 1. The molecule has 0 amide bonds. The fourth-order valence-corrected chi connectivity index (χ4v) is 0.851. The number of rotatable bonds is 0. The maximum Gasteiger partial charge on any atom is 0.256 e. The van der Waals surface area contributed by atoms with Gasteiger partial charge in [-0.3, -0.25) is 4.79 Å². The monoisotopic (exact) mass is 166 g/mol. The van der Waals surface area contributed by atoms with Gasteiger partial charge in [-0.15, -0.1) is 0 Å². The van der Waals surface area contributed by atoms with Crippen LogP contribution in [0, 0.1) is 19.3 Å². The van der Waals surface area contributed by atoms with Crippen LogP contribution in [0.2, 0.25) is 0 Å². The summed E-state index contributed by atoms with van der Waals surface area (Å²) < 4.78 is 14.0. The minimum atomic E-state index is -0.525. The van der Waals surface area contributed by atoms with Crippen molar-refractivity contribution in [2.45, 2.75) is 6.92 Å². The highest BCUT2D eigenvalue weighted by molar-refractivity contribution is 5.42. The molecular weight excluding hydrogens is 159 g/mol. The highest BCUT2D eigenvalue weighted by atomic mass is 19.1. The van der Waals surface area contributed by atoms with Crippen molar-refractivity contribution in [1.29, 1.82) is 0 Å². The molecule has 0 fully saturated rings. The molecule has 0 bridgehead atoms. The van der Waals surface area contributed by atoms with Gasteiger partial charge in [-0.1, -0.05) is 0 Å². The van der Waals surface area contributed by atoms with Gasteiger partial charge in [-0.2, -0.15) is 0 Å². The van der Waals surface area contributed by atoms with E-state index in [0.29, 0.717) is 0 Å². The molecule has 4 heteroatoms.